The first-order chi connectivity index (χ1) is 11.6. The number of piperidine rings is 1. The number of carboxylic acids is 1. The number of likely N-dealkylation sites (tertiary alicyclic amines) is 1. The topological polar surface area (TPSA) is 66.8 Å². The van der Waals surface area contributed by atoms with E-state index in [-0.39, 0.29) is 11.8 Å². The predicted molar refractivity (Wildman–Crippen MR) is 90.4 cm³/mol. The molecule has 0 aliphatic carbocycles. The normalized spacial score (nSPS) is 16.9. The van der Waals surface area contributed by atoms with Crippen molar-refractivity contribution in [1.29, 1.82) is 0 Å². The molecule has 0 unspecified atom stereocenters. The van der Waals surface area contributed by atoms with Crippen molar-refractivity contribution in [1.82, 2.24) is 4.90 Å². The fourth-order valence-electron chi connectivity index (χ4n) is 3.29. The van der Waals surface area contributed by atoms with Gasteiger partial charge in [0, 0.05) is 29.1 Å². The summed E-state index contributed by atoms with van der Waals surface area (Å²) in [4.78, 5) is 27.4. The summed E-state index contributed by atoms with van der Waals surface area (Å²) in [6, 6.07) is 9.78. The quantitative estimate of drug-likeness (QED) is 0.909. The Morgan fingerprint density at radius 3 is 2.71 bits per heavy atom. The number of amides is 1. The second kappa shape index (κ2) is 5.94. The first kappa shape index (κ1) is 15.2. The minimum atomic E-state index is -0.762. The highest BCUT2D eigenvalue weighted by Gasteiger charge is 2.29. The van der Waals surface area contributed by atoms with E-state index in [1.165, 1.54) is 11.3 Å². The van der Waals surface area contributed by atoms with Gasteiger partial charge in [0.1, 0.15) is 12.4 Å². The van der Waals surface area contributed by atoms with E-state index in [4.69, 9.17) is 9.84 Å². The number of nitrogens with zero attached hydrogens (tertiary/aromatic N) is 1. The minimum absolute atomic E-state index is 0.00396. The zero-order valence-corrected chi connectivity index (χ0v) is 13.8. The van der Waals surface area contributed by atoms with E-state index in [2.05, 4.69) is 0 Å². The molecule has 0 spiro atoms. The molecule has 1 N–H and O–H groups in total. The van der Waals surface area contributed by atoms with Crippen LogP contribution in [0.4, 0.5) is 0 Å². The van der Waals surface area contributed by atoms with E-state index < -0.39 is 5.97 Å². The third-order valence-corrected chi connectivity index (χ3v) is 5.86. The van der Waals surface area contributed by atoms with Gasteiger partial charge in [0.25, 0.3) is 5.91 Å². The molecule has 2 aliphatic rings. The largest absolute Gasteiger partial charge is 0.488 e. The highest BCUT2D eigenvalue weighted by molar-refractivity contribution is 7.17. The molecule has 2 aromatic rings. The van der Waals surface area contributed by atoms with E-state index in [0.29, 0.717) is 37.4 Å². The fourth-order valence-corrected chi connectivity index (χ4v) is 4.46. The zero-order chi connectivity index (χ0) is 16.7. The van der Waals surface area contributed by atoms with Gasteiger partial charge in [-0.25, -0.2) is 0 Å². The van der Waals surface area contributed by atoms with Crippen molar-refractivity contribution < 1.29 is 19.4 Å². The van der Waals surface area contributed by atoms with E-state index in [0.717, 1.165) is 21.8 Å². The SMILES string of the molecule is O=C(O)C1CCN(C(=O)c2cc3c(s2)-c2ccccc2OC3)CC1. The van der Waals surface area contributed by atoms with Crippen molar-refractivity contribution in [2.45, 2.75) is 19.4 Å². The number of carbonyl (C=O) groups excluding carboxylic acids is 1. The molecular weight excluding hydrogens is 326 g/mol. The van der Waals surface area contributed by atoms with Gasteiger partial charge in [-0.15, -0.1) is 11.3 Å². The van der Waals surface area contributed by atoms with E-state index in [1.54, 1.807) is 4.90 Å². The fraction of sp³-hybridized carbons (Fsp3) is 0.333. The van der Waals surface area contributed by atoms with Gasteiger partial charge in [0.2, 0.25) is 0 Å². The molecule has 1 aromatic heterocycles. The highest BCUT2D eigenvalue weighted by atomic mass is 32.1. The lowest BCUT2D eigenvalue weighted by atomic mass is 9.97. The number of carboxylic acid groups (broad SMARTS) is 1. The van der Waals surface area contributed by atoms with Crippen LogP contribution in [-0.4, -0.2) is 35.0 Å². The van der Waals surface area contributed by atoms with Gasteiger partial charge < -0.3 is 14.7 Å². The maximum atomic E-state index is 12.8. The summed E-state index contributed by atoms with van der Waals surface area (Å²) >= 11 is 1.50. The van der Waals surface area contributed by atoms with Crippen LogP contribution in [0.25, 0.3) is 10.4 Å². The van der Waals surface area contributed by atoms with Gasteiger partial charge in [-0.05, 0) is 31.0 Å². The summed E-state index contributed by atoms with van der Waals surface area (Å²) in [6.07, 6.45) is 1.05. The molecule has 4 rings (SSSR count). The van der Waals surface area contributed by atoms with Crippen LogP contribution in [0.3, 0.4) is 0 Å². The van der Waals surface area contributed by atoms with Gasteiger partial charge in [-0.3, -0.25) is 9.59 Å². The molecule has 6 heteroatoms. The first-order valence-corrected chi connectivity index (χ1v) is 8.82. The Balaban J connectivity index is 1.56. The minimum Gasteiger partial charge on any atom is -0.488 e. The first-order valence-electron chi connectivity index (χ1n) is 8.00. The lowest BCUT2D eigenvalue weighted by Gasteiger charge is -2.29. The molecule has 0 radical (unpaired) electrons. The number of ether oxygens (including phenoxy) is 1. The molecule has 0 atom stereocenters. The van der Waals surface area contributed by atoms with Crippen LogP contribution in [0, 0.1) is 5.92 Å². The number of fused-ring (bicyclic) bond motifs is 3. The van der Waals surface area contributed by atoms with Crippen LogP contribution >= 0.6 is 11.3 Å². The maximum Gasteiger partial charge on any atom is 0.306 e. The second-order valence-corrected chi connectivity index (χ2v) is 7.21. The van der Waals surface area contributed by atoms with Crippen LogP contribution in [0.2, 0.25) is 0 Å². The molecule has 0 saturated carbocycles. The van der Waals surface area contributed by atoms with Crippen LogP contribution in [0.5, 0.6) is 5.75 Å². The number of hydrogen-bond acceptors (Lipinski definition) is 4. The number of carbonyl (C=O) groups is 2. The number of aliphatic carboxylic acids is 1. The summed E-state index contributed by atoms with van der Waals surface area (Å²) < 4.78 is 5.75. The van der Waals surface area contributed by atoms with Crippen molar-refractivity contribution in [2.24, 2.45) is 5.92 Å². The number of benzene rings is 1. The number of rotatable bonds is 2. The van der Waals surface area contributed by atoms with E-state index in [9.17, 15) is 9.59 Å². The molecule has 1 saturated heterocycles. The summed E-state index contributed by atoms with van der Waals surface area (Å²) in [6.45, 7) is 1.49. The molecule has 1 fully saturated rings. The van der Waals surface area contributed by atoms with Crippen LogP contribution in [-0.2, 0) is 11.4 Å². The lowest BCUT2D eigenvalue weighted by Crippen LogP contribution is -2.39. The Morgan fingerprint density at radius 2 is 1.96 bits per heavy atom. The average Bonchev–Trinajstić information content (AvgIpc) is 3.06. The predicted octanol–water partition coefficient (Wildman–Crippen LogP) is 3.24. The van der Waals surface area contributed by atoms with E-state index >= 15 is 0 Å². The van der Waals surface area contributed by atoms with Gasteiger partial charge in [0.15, 0.2) is 0 Å². The van der Waals surface area contributed by atoms with Crippen molar-refractivity contribution in [3.05, 3.63) is 40.8 Å². The van der Waals surface area contributed by atoms with Gasteiger partial charge in [-0.1, -0.05) is 12.1 Å². The Bertz CT molecular complexity index is 805. The second-order valence-electron chi connectivity index (χ2n) is 6.15. The molecule has 0 bridgehead atoms. The Kier molecular flexibility index (Phi) is 3.76. The molecule has 1 aromatic carbocycles. The van der Waals surface area contributed by atoms with Crippen molar-refractivity contribution >= 4 is 23.2 Å². The molecule has 2 aliphatic heterocycles. The van der Waals surface area contributed by atoms with Gasteiger partial charge in [-0.2, -0.15) is 0 Å². The summed E-state index contributed by atoms with van der Waals surface area (Å²) in [5, 5.41) is 9.07. The maximum absolute atomic E-state index is 12.8. The molecular formula is C18H17NO4S. The third kappa shape index (κ3) is 2.57. The third-order valence-electron chi connectivity index (χ3n) is 4.67. The average molecular weight is 343 g/mol. The zero-order valence-electron chi connectivity index (χ0n) is 13.0. The monoisotopic (exact) mass is 343 g/mol. The summed E-state index contributed by atoms with van der Waals surface area (Å²) in [7, 11) is 0. The van der Waals surface area contributed by atoms with Gasteiger partial charge >= 0.3 is 5.97 Å². The van der Waals surface area contributed by atoms with Crippen LogP contribution in [0.15, 0.2) is 30.3 Å². The molecule has 5 nitrogen and oxygen atoms in total. The van der Waals surface area contributed by atoms with Crippen molar-refractivity contribution in [2.75, 3.05) is 13.1 Å². The van der Waals surface area contributed by atoms with Crippen LogP contribution < -0.4 is 4.74 Å². The van der Waals surface area contributed by atoms with Crippen molar-refractivity contribution in [3.8, 4) is 16.2 Å². The molecule has 1 amide bonds. The van der Waals surface area contributed by atoms with Crippen LogP contribution in [0.1, 0.15) is 28.1 Å². The Labute approximate surface area is 143 Å². The number of hydrogen-bond donors (Lipinski definition) is 1. The summed E-state index contributed by atoms with van der Waals surface area (Å²) in [5.41, 5.74) is 2.08. The Hall–Kier alpha value is -2.34. The molecule has 124 valence electrons. The van der Waals surface area contributed by atoms with Gasteiger partial charge in [0.05, 0.1) is 10.8 Å². The van der Waals surface area contributed by atoms with E-state index in [1.807, 2.05) is 30.3 Å². The Morgan fingerprint density at radius 1 is 1.21 bits per heavy atom. The molecule has 3 heterocycles. The standard InChI is InChI=1S/C18H17NO4S/c20-17(19-7-5-11(6-8-19)18(21)22)15-9-12-10-23-14-4-2-1-3-13(14)16(12)24-15/h1-4,9,11H,5-8,10H2,(H,21,22). The molecule has 24 heavy (non-hydrogen) atoms. The highest BCUT2D eigenvalue weighted by Crippen LogP contribution is 2.42. The number of para-hydroxylation sites is 1. The summed E-state index contributed by atoms with van der Waals surface area (Å²) in [5.74, 6) is -0.239. The van der Waals surface area contributed by atoms with Crippen molar-refractivity contribution in [3.63, 3.8) is 0 Å². The number of thiophene rings is 1. The smallest absolute Gasteiger partial charge is 0.306 e. The lowest BCUT2D eigenvalue weighted by molar-refractivity contribution is -0.143.